The van der Waals surface area contributed by atoms with Gasteiger partial charge in [0.2, 0.25) is 76.8 Å². The first kappa shape index (κ1) is 83.1. The second-order valence-corrected chi connectivity index (χ2v) is 23.7. The highest BCUT2D eigenvalue weighted by Gasteiger charge is 2.52. The van der Waals surface area contributed by atoms with Gasteiger partial charge in [-0.3, -0.25) is 72.3 Å². The van der Waals surface area contributed by atoms with E-state index in [9.17, 15) is 72.5 Å². The Hall–Kier alpha value is -10.1. The van der Waals surface area contributed by atoms with Crippen molar-refractivity contribution < 1.29 is 72.5 Å². The summed E-state index contributed by atoms with van der Waals surface area (Å²) in [5.74, 6) is -11.9. The fourth-order valence-corrected chi connectivity index (χ4v) is 9.65. The molecule has 1 aliphatic carbocycles. The molecule has 1 aliphatic rings. The zero-order chi connectivity index (χ0) is 73.6. The summed E-state index contributed by atoms with van der Waals surface area (Å²) < 4.78 is 0. The van der Waals surface area contributed by atoms with Crippen molar-refractivity contribution in [1.29, 1.82) is 0 Å². The number of unbranched alkanes of at least 4 members (excludes halogenated alkanes) is 2. The number of benzene rings is 2. The number of hydrogen-bond donors (Lipinski definition) is 22. The largest absolute Gasteiger partial charge is 0.394 e. The lowest BCUT2D eigenvalue weighted by Crippen LogP contribution is -2.61. The van der Waals surface area contributed by atoms with E-state index >= 15 is 0 Å². The quantitative estimate of drug-likeness (QED) is 0.0166. The number of primary amides is 1. The molecule has 10 atom stereocenters. The SMILES string of the molecule is C[C@H](NC(=O)[C@H](CO)NC(=O)[C@H](CCCCN)NC(=O)[C@H](CCCN=C(N)N)NC(=O)C1(NC(=O)CNC(=O)[C@@H](NC(=O)[C@H](Cc2ccccc2)NC(=O)CNC(=O)CNC(=O)[C@@H](N)Cc2ccccc2)[C@@H](C)O)CC1)C(=O)N[C@@H](CCCN=C(N)N)C(=O)N[C@@H](CCCCN)C(N)=O. The average molecular weight is 1390 g/mol. The smallest absolute Gasteiger partial charge is 0.246 e. The predicted molar refractivity (Wildman–Crippen MR) is 362 cm³/mol. The highest BCUT2D eigenvalue weighted by atomic mass is 16.3. The highest BCUT2D eigenvalue weighted by molar-refractivity contribution is 6.00. The van der Waals surface area contributed by atoms with E-state index in [1.54, 1.807) is 54.6 Å². The molecule has 37 nitrogen and oxygen atoms in total. The third kappa shape index (κ3) is 31.8. The predicted octanol–water partition coefficient (Wildman–Crippen LogP) is -9.08. The first-order chi connectivity index (χ1) is 47.0. The minimum absolute atomic E-state index is 0.0154. The Morgan fingerprint density at radius 2 is 0.899 bits per heavy atom. The average Bonchev–Trinajstić information content (AvgIpc) is 1.63. The summed E-state index contributed by atoms with van der Waals surface area (Å²) in [5.41, 5.74) is 44.5. The van der Waals surface area contributed by atoms with Gasteiger partial charge in [-0.1, -0.05) is 60.7 Å². The number of hydrogen-bond acceptors (Lipinski definition) is 20. The molecule has 0 spiro atoms. The van der Waals surface area contributed by atoms with E-state index in [0.29, 0.717) is 31.4 Å². The Morgan fingerprint density at radius 3 is 1.39 bits per heavy atom. The molecule has 0 unspecified atom stereocenters. The van der Waals surface area contributed by atoms with Gasteiger partial charge in [0.1, 0.15) is 53.9 Å². The van der Waals surface area contributed by atoms with E-state index in [1.807, 2.05) is 6.07 Å². The number of aliphatic hydroxyl groups excluding tert-OH is 2. The lowest BCUT2D eigenvalue weighted by Gasteiger charge is -2.27. The van der Waals surface area contributed by atoms with Crippen LogP contribution in [0.15, 0.2) is 70.6 Å². The van der Waals surface area contributed by atoms with Gasteiger partial charge in [0.15, 0.2) is 11.9 Å². The van der Waals surface area contributed by atoms with Gasteiger partial charge in [0.25, 0.3) is 0 Å². The standard InChI is InChI=1S/C62H100N22O15/c1-35(51(91)79-42(21-13-27-71-60(67)68)53(93)78-40(50(66)90)19-9-11-25-63)76-57(97)45(34-85)81-54(94)41(20-10-12-26-64)80-55(95)43(22-14-28-72-61(69)70)82-59(99)62(23-24-62)84-48(89)33-75-58(98)49(36(2)86)83-56(96)44(30-38-17-7-4-8-18-38)77-47(88)32-73-46(87)31-74-52(92)39(65)29-37-15-5-3-6-16-37/h3-8,15-18,35-36,39-45,49,85-86H,9-14,19-34,63-65H2,1-2H3,(H2,66,90)(H,73,87)(H,74,92)(H,75,98)(H,76,97)(H,77,88)(H,78,93)(H,79,91)(H,80,95)(H,81,94)(H,82,99)(H,83,96)(H,84,89)(H4,67,68,71)(H4,69,70,72)/t35-,36+,39-,40-,41-,42-,43-,44-,45-,49-/m0/s1. The summed E-state index contributed by atoms with van der Waals surface area (Å²) in [5, 5.41) is 50.6. The summed E-state index contributed by atoms with van der Waals surface area (Å²) in [7, 11) is 0. The van der Waals surface area contributed by atoms with Crippen LogP contribution in [0.1, 0.15) is 102 Å². The van der Waals surface area contributed by atoms with E-state index in [1.165, 1.54) is 13.8 Å². The molecule has 2 aromatic rings. The second kappa shape index (κ2) is 43.9. The molecule has 548 valence electrons. The fraction of sp³-hybridized carbons (Fsp3) is 0.565. The number of rotatable bonds is 47. The van der Waals surface area contributed by atoms with Crippen molar-refractivity contribution >= 4 is 88.7 Å². The zero-order valence-electron chi connectivity index (χ0n) is 55.8. The van der Waals surface area contributed by atoms with Gasteiger partial charge < -0.3 is 120 Å². The van der Waals surface area contributed by atoms with E-state index in [2.05, 4.69) is 73.8 Å². The summed E-state index contributed by atoms with van der Waals surface area (Å²) in [6, 6.07) is 4.93. The lowest BCUT2D eigenvalue weighted by molar-refractivity contribution is -0.136. The van der Waals surface area contributed by atoms with Crippen molar-refractivity contribution in [1.82, 2.24) is 63.8 Å². The molecule has 0 radical (unpaired) electrons. The van der Waals surface area contributed by atoms with Gasteiger partial charge >= 0.3 is 0 Å². The third-order valence-electron chi connectivity index (χ3n) is 15.4. The first-order valence-corrected chi connectivity index (χ1v) is 32.5. The molecule has 0 bridgehead atoms. The maximum absolute atomic E-state index is 14.2. The molecule has 13 amide bonds. The number of nitrogens with two attached hydrogens (primary N) is 8. The van der Waals surface area contributed by atoms with E-state index < -0.39 is 169 Å². The maximum atomic E-state index is 14.2. The third-order valence-corrected chi connectivity index (χ3v) is 15.4. The normalized spacial score (nSPS) is 14.9. The molecule has 37 heteroatoms. The van der Waals surface area contributed by atoms with Crippen LogP contribution in [0.4, 0.5) is 0 Å². The van der Waals surface area contributed by atoms with Crippen LogP contribution < -0.4 is 110 Å². The number of nitrogens with one attached hydrogen (secondary N) is 12. The van der Waals surface area contributed by atoms with Crippen LogP contribution in [0.5, 0.6) is 0 Å². The Bertz CT molecular complexity index is 3080. The summed E-state index contributed by atoms with van der Waals surface area (Å²) in [6.07, 6.45) is 0.428. The van der Waals surface area contributed by atoms with Crippen molar-refractivity contribution in [3.63, 3.8) is 0 Å². The van der Waals surface area contributed by atoms with Crippen LogP contribution >= 0.6 is 0 Å². The van der Waals surface area contributed by atoms with Gasteiger partial charge in [-0.2, -0.15) is 0 Å². The van der Waals surface area contributed by atoms with Crippen LogP contribution in [-0.4, -0.2) is 217 Å². The lowest BCUT2D eigenvalue weighted by atomic mass is 10.0. The molecule has 0 heterocycles. The molecule has 99 heavy (non-hydrogen) atoms. The summed E-state index contributed by atoms with van der Waals surface area (Å²) in [4.78, 5) is 182. The number of carbonyl (C=O) groups excluding carboxylic acids is 13. The van der Waals surface area contributed by atoms with Crippen LogP contribution in [0.2, 0.25) is 0 Å². The van der Waals surface area contributed by atoms with E-state index in [-0.39, 0.29) is 102 Å². The molecule has 0 saturated heterocycles. The number of guanidine groups is 2. The second-order valence-electron chi connectivity index (χ2n) is 23.7. The number of aliphatic imine (C=N–C) groups is 2. The molecule has 2 aromatic carbocycles. The Labute approximate surface area is 573 Å². The number of nitrogens with zero attached hydrogens (tertiary/aromatic N) is 2. The Balaban J connectivity index is 1.69. The summed E-state index contributed by atoms with van der Waals surface area (Å²) >= 11 is 0. The van der Waals surface area contributed by atoms with Crippen molar-refractivity contribution in [2.24, 2.45) is 55.9 Å². The van der Waals surface area contributed by atoms with Gasteiger partial charge in [0.05, 0.1) is 38.4 Å². The molecule has 0 aliphatic heterocycles. The molecule has 0 aromatic heterocycles. The molecule has 1 fully saturated rings. The molecule has 1 saturated carbocycles. The number of amides is 13. The van der Waals surface area contributed by atoms with Crippen molar-refractivity contribution in [2.45, 2.75) is 170 Å². The zero-order valence-corrected chi connectivity index (χ0v) is 55.8. The monoisotopic (exact) mass is 1390 g/mol. The van der Waals surface area contributed by atoms with E-state index in [0.717, 1.165) is 5.56 Å². The molecule has 30 N–H and O–H groups in total. The van der Waals surface area contributed by atoms with Crippen molar-refractivity contribution in [3.8, 4) is 0 Å². The van der Waals surface area contributed by atoms with Gasteiger partial charge in [-0.05, 0) is 122 Å². The van der Waals surface area contributed by atoms with Crippen LogP contribution in [0.3, 0.4) is 0 Å². The molecule has 3 rings (SSSR count). The fourth-order valence-electron chi connectivity index (χ4n) is 9.65. The first-order valence-electron chi connectivity index (χ1n) is 32.5. The highest BCUT2D eigenvalue weighted by Crippen LogP contribution is 2.35. The minimum atomic E-state index is -1.72. The van der Waals surface area contributed by atoms with Gasteiger partial charge in [-0.15, -0.1) is 0 Å². The summed E-state index contributed by atoms with van der Waals surface area (Å²) in [6.45, 7) is 0.0489. The topological polar surface area (TPSA) is 640 Å². The minimum Gasteiger partial charge on any atom is -0.394 e. The van der Waals surface area contributed by atoms with Crippen LogP contribution in [-0.2, 0) is 75.2 Å². The molecular formula is C62H100N22O15. The van der Waals surface area contributed by atoms with Crippen LogP contribution in [0.25, 0.3) is 0 Å². The van der Waals surface area contributed by atoms with Gasteiger partial charge in [-0.25, -0.2) is 0 Å². The Kier molecular flexibility index (Phi) is 36.9. The Morgan fingerprint density at radius 1 is 0.465 bits per heavy atom. The number of carbonyl (C=O) groups is 13. The molecular weight excluding hydrogens is 1290 g/mol. The van der Waals surface area contributed by atoms with Crippen LogP contribution in [0, 0.1) is 0 Å². The maximum Gasteiger partial charge on any atom is 0.246 e. The van der Waals surface area contributed by atoms with Crippen molar-refractivity contribution in [2.75, 3.05) is 52.4 Å². The van der Waals surface area contributed by atoms with Gasteiger partial charge in [0, 0.05) is 19.5 Å². The van der Waals surface area contributed by atoms with E-state index in [4.69, 9.17) is 45.9 Å². The number of aliphatic hydroxyl groups is 2. The van der Waals surface area contributed by atoms with Crippen molar-refractivity contribution in [3.05, 3.63) is 71.8 Å².